The number of carboxylic acids is 1. The van der Waals surface area contributed by atoms with E-state index in [0.29, 0.717) is 5.56 Å². The molecule has 1 aliphatic heterocycles. The van der Waals surface area contributed by atoms with Crippen LogP contribution >= 0.6 is 0 Å². The van der Waals surface area contributed by atoms with Crippen molar-refractivity contribution in [2.75, 3.05) is 20.1 Å². The summed E-state index contributed by atoms with van der Waals surface area (Å²) in [5, 5.41) is 12.5. The van der Waals surface area contributed by atoms with Crippen LogP contribution in [0.3, 0.4) is 0 Å². The summed E-state index contributed by atoms with van der Waals surface area (Å²) in [7, 11) is 2.07. The average Bonchev–Trinajstić information content (AvgIpc) is 2.65. The van der Waals surface area contributed by atoms with Crippen molar-refractivity contribution in [2.45, 2.75) is 25.2 Å². The van der Waals surface area contributed by atoms with Crippen molar-refractivity contribution in [3.63, 3.8) is 0 Å². The summed E-state index contributed by atoms with van der Waals surface area (Å²) in [4.78, 5) is 12.9. The normalized spacial score (nSPS) is 22.2. The number of likely N-dealkylation sites (tertiary alicyclic amines) is 1. The van der Waals surface area contributed by atoms with Gasteiger partial charge in [-0.25, -0.2) is 0 Å². The van der Waals surface area contributed by atoms with Gasteiger partial charge in [0.05, 0.1) is 12.6 Å². The second kappa shape index (κ2) is 4.65. The number of piperidine rings is 1. The number of carbonyl (C=O) groups is 1. The lowest BCUT2D eigenvalue weighted by molar-refractivity contribution is -0.136. The first-order chi connectivity index (χ1) is 7.66. The van der Waals surface area contributed by atoms with Crippen molar-refractivity contribution >= 4 is 5.97 Å². The minimum absolute atomic E-state index is 0.000945. The predicted molar refractivity (Wildman–Crippen MR) is 57.3 cm³/mol. The highest BCUT2D eigenvalue weighted by Gasteiger charge is 2.25. The van der Waals surface area contributed by atoms with Crippen molar-refractivity contribution in [3.05, 3.63) is 17.5 Å². The fourth-order valence-electron chi connectivity index (χ4n) is 2.28. The van der Waals surface area contributed by atoms with Gasteiger partial charge in [0.15, 0.2) is 0 Å². The number of rotatable bonds is 3. The molecule has 1 aliphatic rings. The molecular formula is C11H16N2O3. The van der Waals surface area contributed by atoms with Crippen LogP contribution in [0.25, 0.3) is 0 Å². The van der Waals surface area contributed by atoms with Gasteiger partial charge in [-0.15, -0.1) is 0 Å². The van der Waals surface area contributed by atoms with Crippen LogP contribution in [0.2, 0.25) is 0 Å². The summed E-state index contributed by atoms with van der Waals surface area (Å²) < 4.78 is 5.21. The highest BCUT2D eigenvalue weighted by Crippen LogP contribution is 2.28. The average molecular weight is 224 g/mol. The van der Waals surface area contributed by atoms with Crippen LogP contribution in [-0.4, -0.2) is 41.3 Å². The summed E-state index contributed by atoms with van der Waals surface area (Å²) in [6.07, 6.45) is 3.69. The van der Waals surface area contributed by atoms with E-state index >= 15 is 0 Å². The van der Waals surface area contributed by atoms with Gasteiger partial charge in [-0.1, -0.05) is 5.16 Å². The van der Waals surface area contributed by atoms with E-state index in [1.807, 2.05) is 0 Å². The van der Waals surface area contributed by atoms with E-state index in [9.17, 15) is 4.79 Å². The molecule has 2 rings (SSSR count). The third-order valence-electron chi connectivity index (χ3n) is 3.01. The molecule has 0 radical (unpaired) electrons. The fraction of sp³-hybridized carbons (Fsp3) is 0.636. The van der Waals surface area contributed by atoms with E-state index in [2.05, 4.69) is 17.1 Å². The third kappa shape index (κ3) is 2.41. The predicted octanol–water partition coefficient (Wildman–Crippen LogP) is 1.11. The molecule has 0 bridgehead atoms. The lowest BCUT2D eigenvalue weighted by atomic mass is 9.93. The van der Waals surface area contributed by atoms with E-state index in [1.54, 1.807) is 0 Å². The van der Waals surface area contributed by atoms with Crippen LogP contribution < -0.4 is 0 Å². The smallest absolute Gasteiger partial charge is 0.308 e. The van der Waals surface area contributed by atoms with Crippen LogP contribution in [0.4, 0.5) is 0 Å². The Morgan fingerprint density at radius 2 is 2.56 bits per heavy atom. The Morgan fingerprint density at radius 1 is 1.75 bits per heavy atom. The Bertz CT molecular complexity index is 375. The van der Waals surface area contributed by atoms with Crippen LogP contribution in [0.1, 0.15) is 30.1 Å². The molecule has 0 saturated carbocycles. The van der Waals surface area contributed by atoms with Gasteiger partial charge < -0.3 is 14.5 Å². The van der Waals surface area contributed by atoms with Gasteiger partial charge in [0, 0.05) is 18.0 Å². The van der Waals surface area contributed by atoms with Crippen molar-refractivity contribution in [2.24, 2.45) is 0 Å². The first-order valence-electron chi connectivity index (χ1n) is 5.50. The fourth-order valence-corrected chi connectivity index (χ4v) is 2.28. The number of aromatic nitrogens is 1. The molecule has 0 aromatic carbocycles. The Kier molecular flexibility index (Phi) is 3.24. The van der Waals surface area contributed by atoms with Gasteiger partial charge in [0.1, 0.15) is 5.76 Å². The minimum atomic E-state index is -0.839. The highest BCUT2D eigenvalue weighted by molar-refractivity contribution is 5.70. The lowest BCUT2D eigenvalue weighted by Gasteiger charge is -2.28. The summed E-state index contributed by atoms with van der Waals surface area (Å²) in [6, 6.07) is 0. The molecule has 1 aromatic rings. The summed E-state index contributed by atoms with van der Waals surface area (Å²) in [6.45, 7) is 2.01. The molecule has 1 saturated heterocycles. The molecule has 1 atom stereocenters. The SMILES string of the molecule is CN1CCCC(c2oncc2CC(=O)O)C1. The topological polar surface area (TPSA) is 66.6 Å². The molecule has 0 amide bonds. The summed E-state index contributed by atoms with van der Waals surface area (Å²) in [5.74, 6) is 0.207. The molecule has 0 spiro atoms. The molecule has 2 heterocycles. The molecule has 5 nitrogen and oxygen atoms in total. The number of carboxylic acid groups (broad SMARTS) is 1. The first kappa shape index (κ1) is 11.1. The number of aliphatic carboxylic acids is 1. The molecule has 1 fully saturated rings. The molecule has 1 N–H and O–H groups in total. The van der Waals surface area contributed by atoms with Crippen LogP contribution in [0.5, 0.6) is 0 Å². The van der Waals surface area contributed by atoms with Crippen LogP contribution in [0, 0.1) is 0 Å². The summed E-state index contributed by atoms with van der Waals surface area (Å²) >= 11 is 0. The first-order valence-corrected chi connectivity index (χ1v) is 5.50. The summed E-state index contributed by atoms with van der Waals surface area (Å²) in [5.41, 5.74) is 0.716. The van der Waals surface area contributed by atoms with Crippen LogP contribution in [-0.2, 0) is 11.2 Å². The second-order valence-electron chi connectivity index (χ2n) is 4.39. The van der Waals surface area contributed by atoms with Gasteiger partial charge in [0.25, 0.3) is 0 Å². The largest absolute Gasteiger partial charge is 0.481 e. The lowest BCUT2D eigenvalue weighted by Crippen LogP contribution is -2.31. The van der Waals surface area contributed by atoms with Gasteiger partial charge in [-0.2, -0.15) is 0 Å². The standard InChI is InChI=1S/C11H16N2O3/c1-13-4-2-3-8(7-13)11-9(5-10(14)15)6-12-16-11/h6,8H,2-5,7H2,1H3,(H,14,15). The van der Waals surface area contributed by atoms with Crippen molar-refractivity contribution < 1.29 is 14.4 Å². The molecule has 5 heteroatoms. The minimum Gasteiger partial charge on any atom is -0.481 e. The van der Waals surface area contributed by atoms with E-state index < -0.39 is 5.97 Å². The quantitative estimate of drug-likeness (QED) is 0.833. The maximum absolute atomic E-state index is 10.7. The van der Waals surface area contributed by atoms with Gasteiger partial charge in [-0.05, 0) is 26.4 Å². The molecular weight excluding hydrogens is 208 g/mol. The maximum Gasteiger partial charge on any atom is 0.308 e. The van der Waals surface area contributed by atoms with Crippen LogP contribution in [0.15, 0.2) is 10.7 Å². The molecule has 0 aliphatic carbocycles. The van der Waals surface area contributed by atoms with Crippen molar-refractivity contribution in [1.29, 1.82) is 0 Å². The maximum atomic E-state index is 10.7. The number of hydrogen-bond acceptors (Lipinski definition) is 4. The van der Waals surface area contributed by atoms with E-state index in [1.165, 1.54) is 6.20 Å². The molecule has 1 aromatic heterocycles. The Balaban J connectivity index is 2.13. The Labute approximate surface area is 94.0 Å². The van der Waals surface area contributed by atoms with Gasteiger partial charge in [0.2, 0.25) is 0 Å². The number of nitrogens with zero attached hydrogens (tertiary/aromatic N) is 2. The van der Waals surface area contributed by atoms with Crippen molar-refractivity contribution in [1.82, 2.24) is 10.1 Å². The Hall–Kier alpha value is -1.36. The molecule has 16 heavy (non-hydrogen) atoms. The zero-order valence-electron chi connectivity index (χ0n) is 9.35. The zero-order chi connectivity index (χ0) is 11.5. The van der Waals surface area contributed by atoms with E-state index in [4.69, 9.17) is 9.63 Å². The second-order valence-corrected chi connectivity index (χ2v) is 4.39. The monoisotopic (exact) mass is 224 g/mol. The van der Waals surface area contributed by atoms with E-state index in [-0.39, 0.29) is 12.3 Å². The van der Waals surface area contributed by atoms with Crippen molar-refractivity contribution in [3.8, 4) is 0 Å². The molecule has 88 valence electrons. The Morgan fingerprint density at radius 3 is 3.25 bits per heavy atom. The third-order valence-corrected chi connectivity index (χ3v) is 3.01. The van der Waals surface area contributed by atoms with Gasteiger partial charge in [-0.3, -0.25) is 4.79 Å². The van der Waals surface area contributed by atoms with Gasteiger partial charge >= 0.3 is 5.97 Å². The zero-order valence-corrected chi connectivity index (χ0v) is 9.35. The molecule has 1 unspecified atom stereocenters. The number of hydrogen-bond donors (Lipinski definition) is 1. The number of likely N-dealkylation sites (N-methyl/N-ethyl adjacent to an activating group) is 1. The highest BCUT2D eigenvalue weighted by atomic mass is 16.5. The van der Waals surface area contributed by atoms with E-state index in [0.717, 1.165) is 31.7 Å².